The van der Waals surface area contributed by atoms with E-state index in [1.165, 1.54) is 12.0 Å². The van der Waals surface area contributed by atoms with Crippen LogP contribution >= 0.6 is 15.9 Å². The lowest BCUT2D eigenvalue weighted by Crippen LogP contribution is -2.29. The summed E-state index contributed by atoms with van der Waals surface area (Å²) in [4.78, 5) is 27.7. The number of ketones is 1. The van der Waals surface area contributed by atoms with Crippen LogP contribution in [0.15, 0.2) is 82.8 Å². The molecule has 3 aromatic carbocycles. The molecule has 32 heavy (non-hydrogen) atoms. The lowest BCUT2D eigenvalue weighted by Gasteiger charge is -2.25. The highest BCUT2D eigenvalue weighted by molar-refractivity contribution is 9.10. The summed E-state index contributed by atoms with van der Waals surface area (Å²) >= 11 is 3.40. The second-order valence-corrected chi connectivity index (χ2v) is 7.98. The standard InChI is InChI=1S/C25H20BrNO5/c1-31-18-11-9-17(10-12-18)27-22(15-6-4-3-5-7-15)21(24(29)25(27)30)23(28)16-8-13-20(32-2)19(26)14-16/h3-14,22,28H,1-2H3/b23-21-. The molecule has 1 amide bonds. The molecule has 6 nitrogen and oxygen atoms in total. The highest BCUT2D eigenvalue weighted by Gasteiger charge is 2.46. The van der Waals surface area contributed by atoms with Gasteiger partial charge in [0.1, 0.15) is 17.3 Å². The summed E-state index contributed by atoms with van der Waals surface area (Å²) in [5.41, 5.74) is 1.65. The van der Waals surface area contributed by atoms with Gasteiger partial charge in [0.05, 0.1) is 30.3 Å². The van der Waals surface area contributed by atoms with Gasteiger partial charge in [-0.3, -0.25) is 14.5 Å². The zero-order valence-corrected chi connectivity index (χ0v) is 19.0. The molecule has 0 radical (unpaired) electrons. The molecular weight excluding hydrogens is 474 g/mol. The zero-order chi connectivity index (χ0) is 22.8. The van der Waals surface area contributed by atoms with Crippen LogP contribution in [0.1, 0.15) is 17.2 Å². The van der Waals surface area contributed by atoms with E-state index in [0.29, 0.717) is 32.8 Å². The number of aliphatic hydroxyl groups excluding tert-OH is 1. The van der Waals surface area contributed by atoms with Crippen molar-refractivity contribution in [1.82, 2.24) is 0 Å². The van der Waals surface area contributed by atoms with Crippen LogP contribution in [0.5, 0.6) is 11.5 Å². The predicted octanol–water partition coefficient (Wildman–Crippen LogP) is 5.09. The number of ether oxygens (including phenoxy) is 2. The molecule has 4 rings (SSSR count). The Labute approximate surface area is 193 Å². The Morgan fingerprint density at radius 1 is 0.938 bits per heavy atom. The van der Waals surface area contributed by atoms with E-state index in [2.05, 4.69) is 15.9 Å². The first-order valence-corrected chi connectivity index (χ1v) is 10.6. The maximum absolute atomic E-state index is 13.1. The molecule has 1 atom stereocenters. The molecule has 1 unspecified atom stereocenters. The van der Waals surface area contributed by atoms with Crippen molar-refractivity contribution in [3.8, 4) is 11.5 Å². The van der Waals surface area contributed by atoms with Gasteiger partial charge < -0.3 is 14.6 Å². The summed E-state index contributed by atoms with van der Waals surface area (Å²) in [6.07, 6.45) is 0. The van der Waals surface area contributed by atoms with Gasteiger partial charge in [0, 0.05) is 11.3 Å². The smallest absolute Gasteiger partial charge is 0.300 e. The fourth-order valence-corrected chi connectivity index (χ4v) is 4.30. The molecule has 7 heteroatoms. The quantitative estimate of drug-likeness (QED) is 0.304. The monoisotopic (exact) mass is 493 g/mol. The number of Topliss-reactive ketones (excluding diaryl/α,β-unsaturated/α-hetero) is 1. The number of methoxy groups -OCH3 is 2. The van der Waals surface area contributed by atoms with Gasteiger partial charge in [0.15, 0.2) is 0 Å². The highest BCUT2D eigenvalue weighted by Crippen LogP contribution is 2.43. The fourth-order valence-electron chi connectivity index (χ4n) is 3.76. The van der Waals surface area contributed by atoms with E-state index in [0.717, 1.165) is 0 Å². The minimum Gasteiger partial charge on any atom is -0.507 e. The molecule has 1 aliphatic heterocycles. The second kappa shape index (κ2) is 8.88. The summed E-state index contributed by atoms with van der Waals surface area (Å²) < 4.78 is 11.1. The zero-order valence-electron chi connectivity index (χ0n) is 17.4. The number of carbonyl (C=O) groups excluding carboxylic acids is 2. The van der Waals surface area contributed by atoms with Crippen LogP contribution in [0.25, 0.3) is 5.76 Å². The van der Waals surface area contributed by atoms with E-state index in [4.69, 9.17) is 9.47 Å². The van der Waals surface area contributed by atoms with E-state index in [1.807, 2.05) is 30.3 Å². The van der Waals surface area contributed by atoms with Gasteiger partial charge in [-0.25, -0.2) is 0 Å². The number of carbonyl (C=O) groups is 2. The number of amides is 1. The van der Waals surface area contributed by atoms with Crippen LogP contribution in [-0.2, 0) is 9.59 Å². The third-order valence-electron chi connectivity index (χ3n) is 5.34. The van der Waals surface area contributed by atoms with Crippen molar-refractivity contribution in [1.29, 1.82) is 0 Å². The van der Waals surface area contributed by atoms with Crippen LogP contribution in [0.4, 0.5) is 5.69 Å². The molecule has 0 bridgehead atoms. The van der Waals surface area contributed by atoms with Gasteiger partial charge in [0.25, 0.3) is 11.7 Å². The minimum atomic E-state index is -0.787. The number of halogens is 1. The Bertz CT molecular complexity index is 1200. The number of hydrogen-bond donors (Lipinski definition) is 1. The van der Waals surface area contributed by atoms with E-state index < -0.39 is 17.7 Å². The normalized spacial score (nSPS) is 17.5. The van der Waals surface area contributed by atoms with Crippen molar-refractivity contribution in [2.75, 3.05) is 19.1 Å². The molecule has 1 aliphatic rings. The van der Waals surface area contributed by atoms with Crippen molar-refractivity contribution >= 4 is 39.1 Å². The summed E-state index contributed by atoms with van der Waals surface area (Å²) in [7, 11) is 3.09. The Morgan fingerprint density at radius 2 is 1.62 bits per heavy atom. The van der Waals surface area contributed by atoms with Crippen molar-refractivity contribution in [3.05, 3.63) is 94.0 Å². The number of anilines is 1. The van der Waals surface area contributed by atoms with E-state index >= 15 is 0 Å². The molecule has 1 N–H and O–H groups in total. The minimum absolute atomic E-state index is 0.0223. The molecule has 0 spiro atoms. The molecule has 1 heterocycles. The van der Waals surface area contributed by atoms with Crippen LogP contribution in [0.3, 0.4) is 0 Å². The lowest BCUT2D eigenvalue weighted by atomic mass is 9.95. The molecule has 1 saturated heterocycles. The summed E-state index contributed by atoms with van der Waals surface area (Å²) in [5.74, 6) is -0.502. The van der Waals surface area contributed by atoms with Crippen molar-refractivity contribution < 1.29 is 24.2 Å². The van der Waals surface area contributed by atoms with E-state index in [1.54, 1.807) is 49.6 Å². The molecule has 0 aliphatic carbocycles. The first-order chi connectivity index (χ1) is 15.5. The summed E-state index contributed by atoms with van der Waals surface area (Å²) in [6, 6.07) is 20.2. The third kappa shape index (κ3) is 3.76. The average molecular weight is 494 g/mol. The maximum Gasteiger partial charge on any atom is 0.300 e. The van der Waals surface area contributed by atoms with Crippen LogP contribution in [-0.4, -0.2) is 31.0 Å². The number of nitrogens with zero attached hydrogens (tertiary/aromatic N) is 1. The summed E-state index contributed by atoms with van der Waals surface area (Å²) in [6.45, 7) is 0. The average Bonchev–Trinajstić information content (AvgIpc) is 3.09. The molecular formula is C25H20BrNO5. The van der Waals surface area contributed by atoms with Crippen LogP contribution in [0, 0.1) is 0 Å². The van der Waals surface area contributed by atoms with Gasteiger partial charge >= 0.3 is 0 Å². The number of hydrogen-bond acceptors (Lipinski definition) is 5. The van der Waals surface area contributed by atoms with Gasteiger partial charge in [-0.1, -0.05) is 30.3 Å². The van der Waals surface area contributed by atoms with E-state index in [-0.39, 0.29) is 11.3 Å². The second-order valence-electron chi connectivity index (χ2n) is 7.13. The number of rotatable bonds is 5. The largest absolute Gasteiger partial charge is 0.507 e. The Balaban J connectivity index is 1.90. The van der Waals surface area contributed by atoms with Gasteiger partial charge in [-0.05, 0) is 64.0 Å². The number of benzene rings is 3. The topological polar surface area (TPSA) is 76.1 Å². The summed E-state index contributed by atoms with van der Waals surface area (Å²) in [5, 5.41) is 11.2. The molecule has 0 saturated carbocycles. The van der Waals surface area contributed by atoms with Crippen LogP contribution in [0.2, 0.25) is 0 Å². The van der Waals surface area contributed by atoms with Crippen LogP contribution < -0.4 is 14.4 Å². The third-order valence-corrected chi connectivity index (χ3v) is 5.96. The van der Waals surface area contributed by atoms with Crippen molar-refractivity contribution in [2.45, 2.75) is 6.04 Å². The van der Waals surface area contributed by atoms with E-state index in [9.17, 15) is 14.7 Å². The SMILES string of the molecule is COc1ccc(N2C(=O)C(=O)/C(=C(\O)c3ccc(OC)c(Br)c3)C2c2ccccc2)cc1. The maximum atomic E-state index is 13.1. The van der Waals surface area contributed by atoms with Crippen molar-refractivity contribution in [3.63, 3.8) is 0 Å². The Morgan fingerprint density at radius 3 is 2.22 bits per heavy atom. The van der Waals surface area contributed by atoms with Crippen molar-refractivity contribution in [2.24, 2.45) is 0 Å². The Kier molecular flexibility index (Phi) is 6.01. The first kappa shape index (κ1) is 21.6. The molecule has 0 aromatic heterocycles. The fraction of sp³-hybridized carbons (Fsp3) is 0.120. The molecule has 162 valence electrons. The lowest BCUT2D eigenvalue weighted by molar-refractivity contribution is -0.132. The Hall–Kier alpha value is -3.58. The van der Waals surface area contributed by atoms with Gasteiger partial charge in [-0.15, -0.1) is 0 Å². The number of aliphatic hydroxyl groups is 1. The van der Waals surface area contributed by atoms with Gasteiger partial charge in [-0.2, -0.15) is 0 Å². The predicted molar refractivity (Wildman–Crippen MR) is 125 cm³/mol. The first-order valence-electron chi connectivity index (χ1n) is 9.80. The highest BCUT2D eigenvalue weighted by atomic mass is 79.9. The molecule has 1 fully saturated rings. The molecule has 3 aromatic rings. The van der Waals surface area contributed by atoms with Gasteiger partial charge in [0.2, 0.25) is 0 Å².